The fourth-order valence-electron chi connectivity index (χ4n) is 0.328. The molecule has 5 heavy (non-hydrogen) atoms. The molecule has 0 nitrogen and oxygen atoms in total. The Labute approximate surface area is 39.7 Å². The van der Waals surface area contributed by atoms with Crippen LogP contribution in [0.2, 0.25) is 0 Å². The van der Waals surface area contributed by atoms with Gasteiger partial charge in [0.15, 0.2) is 0 Å². The Morgan fingerprint density at radius 1 is 1.20 bits per heavy atom. The summed E-state index contributed by atoms with van der Waals surface area (Å²) in [6.07, 6.45) is 0. The van der Waals surface area contributed by atoms with E-state index in [9.17, 15) is 0 Å². The summed E-state index contributed by atoms with van der Waals surface area (Å²) >= 11 is 4.20. The Balaban J connectivity index is 2.30. The highest BCUT2D eigenvalue weighted by Gasteiger charge is 2.56. The van der Waals surface area contributed by atoms with Crippen LogP contribution >= 0.6 is 23.5 Å². The molecule has 2 heteroatoms. The Kier molecular flexibility index (Phi) is 0.315. The first kappa shape index (κ1) is 2.80. The normalized spacial score (nSPS) is 38.4. The molecule has 0 aromatic rings. The molecule has 28 valence electrons. The number of hydrogen-bond donors (Lipinski definition) is 0. The second-order valence-corrected chi connectivity index (χ2v) is 4.46. The lowest BCUT2D eigenvalue weighted by atomic mass is 10.6. The summed E-state index contributed by atoms with van der Waals surface area (Å²) in [6.45, 7) is 0. The maximum atomic E-state index is 2.10. The van der Waals surface area contributed by atoms with Gasteiger partial charge in [-0.15, -0.1) is 23.5 Å². The molecule has 2 fully saturated rings. The molecule has 0 aromatic heterocycles. The van der Waals surface area contributed by atoms with Gasteiger partial charge in [0.05, 0.1) is 4.08 Å². The molecule has 0 aliphatic carbocycles. The molecule has 0 bridgehead atoms. The van der Waals surface area contributed by atoms with Gasteiger partial charge in [0, 0.05) is 11.5 Å². The third-order valence-corrected chi connectivity index (χ3v) is 4.21. The van der Waals surface area contributed by atoms with E-state index in [4.69, 9.17) is 0 Å². The minimum absolute atomic E-state index is 0.833. The maximum absolute atomic E-state index is 2.10. The van der Waals surface area contributed by atoms with Gasteiger partial charge >= 0.3 is 0 Å². The summed E-state index contributed by atoms with van der Waals surface area (Å²) in [5.41, 5.74) is 0. The van der Waals surface area contributed by atoms with Crippen molar-refractivity contribution >= 4 is 23.5 Å². The number of hydrogen-bond acceptors (Lipinski definition) is 2. The Hall–Kier alpha value is 0.700. The van der Waals surface area contributed by atoms with E-state index in [2.05, 4.69) is 23.5 Å². The fraction of sp³-hybridized carbons (Fsp3) is 1.00. The Bertz CT molecular complexity index is 47.8. The van der Waals surface area contributed by atoms with Crippen LogP contribution in [0.3, 0.4) is 0 Å². The summed E-state index contributed by atoms with van der Waals surface area (Å²) in [5.74, 6) is 2.88. The molecule has 0 N–H and O–H groups in total. The Morgan fingerprint density at radius 2 is 1.60 bits per heavy atom. The van der Waals surface area contributed by atoms with Crippen molar-refractivity contribution < 1.29 is 0 Å². The van der Waals surface area contributed by atoms with Crippen molar-refractivity contribution in [1.29, 1.82) is 0 Å². The van der Waals surface area contributed by atoms with Crippen molar-refractivity contribution in [1.82, 2.24) is 0 Å². The van der Waals surface area contributed by atoms with E-state index in [0.29, 0.717) is 0 Å². The van der Waals surface area contributed by atoms with Crippen molar-refractivity contribution in [3.8, 4) is 0 Å². The topological polar surface area (TPSA) is 0 Å². The zero-order valence-corrected chi connectivity index (χ0v) is 4.36. The van der Waals surface area contributed by atoms with Crippen molar-refractivity contribution in [3.05, 3.63) is 0 Å². The van der Waals surface area contributed by atoms with E-state index >= 15 is 0 Å². The lowest BCUT2D eigenvalue weighted by Gasteiger charge is -1.54. The minimum atomic E-state index is 0.833. The molecule has 0 radical (unpaired) electrons. The predicted molar refractivity (Wildman–Crippen MR) is 27.6 cm³/mol. The molecular formula is C3H4S2. The highest BCUT2D eigenvalue weighted by Crippen LogP contribution is 2.67. The lowest BCUT2D eigenvalue weighted by molar-refractivity contribution is 1.31. The van der Waals surface area contributed by atoms with Gasteiger partial charge in [-0.1, -0.05) is 0 Å². The quantitative estimate of drug-likeness (QED) is 0.423. The van der Waals surface area contributed by atoms with Gasteiger partial charge in [-0.2, -0.15) is 0 Å². The second kappa shape index (κ2) is 0.562. The van der Waals surface area contributed by atoms with E-state index in [-0.39, 0.29) is 0 Å². The fourth-order valence-corrected chi connectivity index (χ4v) is 2.34. The Morgan fingerprint density at radius 3 is 1.60 bits per heavy atom. The van der Waals surface area contributed by atoms with Gasteiger partial charge in [-0.25, -0.2) is 0 Å². The van der Waals surface area contributed by atoms with E-state index in [0.717, 1.165) is 4.08 Å². The van der Waals surface area contributed by atoms with Crippen molar-refractivity contribution in [2.24, 2.45) is 0 Å². The number of thioether (sulfide) groups is 2. The average Bonchev–Trinajstić information content (AvgIpc) is 2.17. The number of rotatable bonds is 0. The third-order valence-electron chi connectivity index (χ3n) is 0.933. The zero-order chi connectivity index (χ0) is 3.33. The molecule has 0 saturated carbocycles. The molecule has 2 saturated heterocycles. The van der Waals surface area contributed by atoms with Crippen LogP contribution in [-0.2, 0) is 0 Å². The summed E-state index contributed by atoms with van der Waals surface area (Å²) in [5, 5.41) is 0. The summed E-state index contributed by atoms with van der Waals surface area (Å²) in [7, 11) is 0. The van der Waals surface area contributed by atoms with Crippen LogP contribution in [0, 0.1) is 0 Å². The average molecular weight is 104 g/mol. The molecule has 0 unspecified atom stereocenters. The molecular weight excluding hydrogens is 100 g/mol. The van der Waals surface area contributed by atoms with Gasteiger partial charge in [0.1, 0.15) is 0 Å². The molecule has 2 heterocycles. The summed E-state index contributed by atoms with van der Waals surface area (Å²) in [4.78, 5) is 0. The van der Waals surface area contributed by atoms with Crippen molar-refractivity contribution in [2.75, 3.05) is 11.5 Å². The van der Waals surface area contributed by atoms with Gasteiger partial charge in [-0.3, -0.25) is 0 Å². The minimum Gasteiger partial charge on any atom is -0.140 e. The highest BCUT2D eigenvalue weighted by atomic mass is 32.2. The van der Waals surface area contributed by atoms with Gasteiger partial charge in [0.2, 0.25) is 0 Å². The molecule has 0 atom stereocenters. The smallest absolute Gasteiger partial charge is 0.0793 e. The zero-order valence-electron chi connectivity index (χ0n) is 2.73. The van der Waals surface area contributed by atoms with Gasteiger partial charge in [0.25, 0.3) is 0 Å². The van der Waals surface area contributed by atoms with Crippen LogP contribution in [0.4, 0.5) is 0 Å². The first-order valence-corrected chi connectivity index (χ1v) is 3.66. The molecule has 2 rings (SSSR count). The molecule has 1 spiro atoms. The van der Waals surface area contributed by atoms with Crippen molar-refractivity contribution in [2.45, 2.75) is 4.08 Å². The predicted octanol–water partition coefficient (Wildman–Crippen LogP) is 1.18. The molecule has 2 aliphatic heterocycles. The summed E-state index contributed by atoms with van der Waals surface area (Å²) in [6, 6.07) is 0. The SMILES string of the molecule is C1SC12CS2. The van der Waals surface area contributed by atoms with Crippen LogP contribution in [-0.4, -0.2) is 15.6 Å². The van der Waals surface area contributed by atoms with E-state index in [1.54, 1.807) is 0 Å². The van der Waals surface area contributed by atoms with E-state index in [1.807, 2.05) is 0 Å². The lowest BCUT2D eigenvalue weighted by Crippen LogP contribution is -1.68. The van der Waals surface area contributed by atoms with E-state index in [1.165, 1.54) is 11.5 Å². The van der Waals surface area contributed by atoms with E-state index < -0.39 is 0 Å². The van der Waals surface area contributed by atoms with Crippen molar-refractivity contribution in [3.63, 3.8) is 0 Å². The maximum Gasteiger partial charge on any atom is 0.0793 e. The van der Waals surface area contributed by atoms with Crippen LogP contribution in [0.5, 0.6) is 0 Å². The van der Waals surface area contributed by atoms with Crippen LogP contribution in [0.1, 0.15) is 0 Å². The summed E-state index contributed by atoms with van der Waals surface area (Å²) < 4.78 is 0.833. The first-order chi connectivity index (χ1) is 2.41. The molecule has 0 amide bonds. The second-order valence-electron chi connectivity index (χ2n) is 1.49. The van der Waals surface area contributed by atoms with Crippen LogP contribution < -0.4 is 0 Å². The monoisotopic (exact) mass is 104 g/mol. The third kappa shape index (κ3) is 0.299. The first-order valence-electron chi connectivity index (χ1n) is 1.69. The van der Waals surface area contributed by atoms with Gasteiger partial charge in [-0.05, 0) is 0 Å². The largest absolute Gasteiger partial charge is 0.140 e. The highest BCUT2D eigenvalue weighted by molar-refractivity contribution is 8.31. The standard InChI is InChI=1S/C3H4S2/c1-3(4-1)2-5-3/h1-2H2. The van der Waals surface area contributed by atoms with Gasteiger partial charge < -0.3 is 0 Å². The molecule has 0 aromatic carbocycles. The van der Waals surface area contributed by atoms with Crippen LogP contribution in [0.15, 0.2) is 0 Å². The van der Waals surface area contributed by atoms with Crippen LogP contribution in [0.25, 0.3) is 0 Å². The molecule has 2 aliphatic rings.